The summed E-state index contributed by atoms with van der Waals surface area (Å²) in [4.78, 5) is 0. The molecular formula is C7H24N2Si3. The first-order valence-corrected chi connectivity index (χ1v) is 14.0. The Morgan fingerprint density at radius 1 is 0.750 bits per heavy atom. The van der Waals surface area contributed by atoms with Gasteiger partial charge in [-0.25, -0.2) is 0 Å². The van der Waals surface area contributed by atoms with E-state index in [1.165, 1.54) is 0 Å². The van der Waals surface area contributed by atoms with E-state index in [1.54, 1.807) is 0 Å². The Kier molecular flexibility index (Phi) is 4.39. The molecule has 0 saturated heterocycles. The first-order valence-electron chi connectivity index (χ1n) is 4.65. The maximum absolute atomic E-state index is 3.78. The second kappa shape index (κ2) is 4.19. The Morgan fingerprint density at radius 2 is 1.00 bits per heavy atom. The van der Waals surface area contributed by atoms with Gasteiger partial charge in [0, 0.05) is 0 Å². The molecule has 74 valence electrons. The molecule has 0 saturated carbocycles. The maximum Gasteiger partial charge on any atom is 0.168 e. The molecule has 0 atom stereocenters. The van der Waals surface area contributed by atoms with Crippen LogP contribution in [0.25, 0.3) is 0 Å². The van der Waals surface area contributed by atoms with E-state index in [0.29, 0.717) is 0 Å². The van der Waals surface area contributed by atoms with E-state index < -0.39 is 25.6 Å². The van der Waals surface area contributed by atoms with Crippen molar-refractivity contribution in [2.24, 2.45) is 0 Å². The van der Waals surface area contributed by atoms with Gasteiger partial charge in [0.15, 0.2) is 9.12 Å². The molecule has 0 spiro atoms. The zero-order valence-electron chi connectivity index (χ0n) is 9.58. The molecule has 5 heteroatoms. The minimum Gasteiger partial charge on any atom is -0.350 e. The van der Waals surface area contributed by atoms with Crippen LogP contribution in [0.5, 0.6) is 0 Å². The highest BCUT2D eigenvalue weighted by atomic mass is 28.4. The van der Waals surface area contributed by atoms with Gasteiger partial charge in [-0.1, -0.05) is 39.3 Å². The normalized spacial score (nSPS) is 14.0. The lowest BCUT2D eigenvalue weighted by Crippen LogP contribution is -2.62. The smallest absolute Gasteiger partial charge is 0.168 e. The lowest BCUT2D eigenvalue weighted by Gasteiger charge is -2.29. The first kappa shape index (κ1) is 12.6. The van der Waals surface area contributed by atoms with Gasteiger partial charge in [-0.2, -0.15) is 0 Å². The van der Waals surface area contributed by atoms with Crippen LogP contribution in [0.2, 0.25) is 45.8 Å². The molecule has 0 aliphatic heterocycles. The third-order valence-electron chi connectivity index (χ3n) is 1.30. The second-order valence-corrected chi connectivity index (χ2v) is 18.3. The monoisotopic (exact) mass is 220 g/mol. The summed E-state index contributed by atoms with van der Waals surface area (Å²) in [5, 5.41) is 0. The average molecular weight is 221 g/mol. The first-order chi connectivity index (χ1) is 5.10. The van der Waals surface area contributed by atoms with Crippen LogP contribution in [0.4, 0.5) is 0 Å². The number of rotatable bonds is 4. The van der Waals surface area contributed by atoms with Gasteiger partial charge in [0.2, 0.25) is 0 Å². The van der Waals surface area contributed by atoms with Crippen LogP contribution in [0, 0.1) is 0 Å². The Labute approximate surface area is 81.1 Å². The molecule has 2 nitrogen and oxygen atoms in total. The van der Waals surface area contributed by atoms with Crippen LogP contribution in [-0.4, -0.2) is 25.6 Å². The van der Waals surface area contributed by atoms with Crippen molar-refractivity contribution in [1.82, 2.24) is 9.30 Å². The van der Waals surface area contributed by atoms with Crippen LogP contribution in [-0.2, 0) is 0 Å². The van der Waals surface area contributed by atoms with E-state index >= 15 is 0 Å². The van der Waals surface area contributed by atoms with E-state index in [-0.39, 0.29) is 0 Å². The second-order valence-electron chi connectivity index (χ2n) is 5.51. The fourth-order valence-corrected chi connectivity index (χ4v) is 12.7. The van der Waals surface area contributed by atoms with Crippen molar-refractivity contribution in [1.29, 1.82) is 0 Å². The van der Waals surface area contributed by atoms with Gasteiger partial charge < -0.3 is 9.30 Å². The molecule has 0 radical (unpaired) electrons. The van der Waals surface area contributed by atoms with Crippen molar-refractivity contribution in [3.05, 3.63) is 0 Å². The van der Waals surface area contributed by atoms with E-state index in [1.807, 2.05) is 0 Å². The molecule has 0 aromatic rings. The van der Waals surface area contributed by atoms with Gasteiger partial charge in [-0.05, 0) is 6.55 Å². The molecular weight excluding hydrogens is 196 g/mol. The van der Waals surface area contributed by atoms with Crippen molar-refractivity contribution in [3.63, 3.8) is 0 Å². The molecule has 0 aromatic heterocycles. The molecule has 0 aromatic carbocycles. The van der Waals surface area contributed by atoms with Crippen LogP contribution in [0.1, 0.15) is 0 Å². The fraction of sp³-hybridized carbons (Fsp3) is 1.00. The lowest BCUT2D eigenvalue weighted by molar-refractivity contribution is 1.24. The number of nitrogens with one attached hydrogen (secondary N) is 2. The summed E-state index contributed by atoms with van der Waals surface area (Å²) < 4.78 is 7.55. The molecule has 2 N–H and O–H groups in total. The van der Waals surface area contributed by atoms with Gasteiger partial charge in [0.05, 0.1) is 0 Å². The van der Waals surface area contributed by atoms with Crippen molar-refractivity contribution < 1.29 is 0 Å². The molecule has 0 unspecified atom stereocenters. The van der Waals surface area contributed by atoms with Crippen LogP contribution in [0.15, 0.2) is 0 Å². The molecule has 0 rings (SSSR count). The zero-order valence-corrected chi connectivity index (χ0v) is 12.7. The minimum atomic E-state index is -1.05. The van der Waals surface area contributed by atoms with Crippen molar-refractivity contribution >= 4 is 25.6 Å². The van der Waals surface area contributed by atoms with Gasteiger partial charge in [-0.3, -0.25) is 0 Å². The van der Waals surface area contributed by atoms with Gasteiger partial charge in [-0.15, -0.1) is 0 Å². The highest BCUT2D eigenvalue weighted by Crippen LogP contribution is 1.98. The minimum absolute atomic E-state index is 0.829. The van der Waals surface area contributed by atoms with Crippen molar-refractivity contribution in [2.45, 2.75) is 45.8 Å². The summed E-state index contributed by atoms with van der Waals surface area (Å²) in [5.74, 6) is 0. The Hall–Kier alpha value is 0.571. The quantitative estimate of drug-likeness (QED) is 0.705. The molecule has 0 aliphatic carbocycles. The van der Waals surface area contributed by atoms with Crippen molar-refractivity contribution in [3.8, 4) is 0 Å². The summed E-state index contributed by atoms with van der Waals surface area (Å²) in [6.45, 7) is 16.5. The summed E-state index contributed by atoms with van der Waals surface area (Å²) >= 11 is 0. The summed E-state index contributed by atoms with van der Waals surface area (Å²) in [6.07, 6.45) is 0. The Morgan fingerprint density at radius 3 is 1.17 bits per heavy atom. The lowest BCUT2D eigenvalue weighted by atomic mass is 11.8. The fourth-order valence-electron chi connectivity index (χ4n) is 1.34. The van der Waals surface area contributed by atoms with E-state index in [0.717, 1.165) is 0 Å². The van der Waals surface area contributed by atoms with Crippen molar-refractivity contribution in [2.75, 3.05) is 0 Å². The van der Waals surface area contributed by atoms with Crippen LogP contribution in [0.3, 0.4) is 0 Å². The van der Waals surface area contributed by atoms with E-state index in [2.05, 4.69) is 55.1 Å². The highest BCUT2D eigenvalue weighted by Gasteiger charge is 2.21. The SMILES string of the molecule is C[SiH](N[Si](C)(C)C)N[Si](C)(C)C. The predicted octanol–water partition coefficient (Wildman–Crippen LogP) is 1.69. The summed E-state index contributed by atoms with van der Waals surface area (Å²) in [7, 11) is -2.93. The predicted molar refractivity (Wildman–Crippen MR) is 66.0 cm³/mol. The molecule has 0 amide bonds. The molecule has 12 heavy (non-hydrogen) atoms. The average Bonchev–Trinajstić information content (AvgIpc) is 1.49. The third-order valence-corrected chi connectivity index (χ3v) is 11.7. The Balaban J connectivity index is 3.83. The number of hydrogen-bond acceptors (Lipinski definition) is 2. The molecule has 0 aliphatic rings. The topological polar surface area (TPSA) is 24.1 Å². The number of hydrogen-bond donors (Lipinski definition) is 2. The molecule has 0 heterocycles. The van der Waals surface area contributed by atoms with Gasteiger partial charge >= 0.3 is 0 Å². The maximum atomic E-state index is 3.78. The molecule has 0 bridgehead atoms. The van der Waals surface area contributed by atoms with Crippen LogP contribution < -0.4 is 9.30 Å². The largest absolute Gasteiger partial charge is 0.350 e. The van der Waals surface area contributed by atoms with E-state index in [4.69, 9.17) is 0 Å². The van der Waals surface area contributed by atoms with Gasteiger partial charge in [0.1, 0.15) is 16.5 Å². The highest BCUT2D eigenvalue weighted by molar-refractivity contribution is 6.88. The van der Waals surface area contributed by atoms with Gasteiger partial charge in [0.25, 0.3) is 0 Å². The molecule has 0 fully saturated rings. The zero-order chi connectivity index (χ0) is 9.99. The standard InChI is InChI=1S/C7H24N2Si3/c1-10(8-11(2,3)4)9-12(5,6)7/h8-10H,1-7H3. The van der Waals surface area contributed by atoms with E-state index in [9.17, 15) is 0 Å². The summed E-state index contributed by atoms with van der Waals surface area (Å²) in [5.41, 5.74) is 0. The summed E-state index contributed by atoms with van der Waals surface area (Å²) in [6, 6.07) is 0. The van der Waals surface area contributed by atoms with Crippen LogP contribution >= 0.6 is 0 Å². The Bertz CT molecular complexity index is 121. The third kappa shape index (κ3) is 8.67.